The van der Waals surface area contributed by atoms with Crippen LogP contribution in [0.2, 0.25) is 0 Å². The van der Waals surface area contributed by atoms with E-state index in [4.69, 9.17) is 9.31 Å². The molecular formula is C15H20BFO3. The van der Waals surface area contributed by atoms with Crippen LogP contribution in [0, 0.1) is 5.82 Å². The second kappa shape index (κ2) is 4.97. The number of rotatable bonds is 3. The third-order valence-electron chi connectivity index (χ3n) is 4.07. The van der Waals surface area contributed by atoms with E-state index in [0.29, 0.717) is 11.0 Å². The van der Waals surface area contributed by atoms with Gasteiger partial charge in [-0.05, 0) is 46.2 Å². The summed E-state index contributed by atoms with van der Waals surface area (Å²) in [5, 5.41) is 0. The minimum atomic E-state index is -0.782. The Morgan fingerprint density at radius 1 is 1.20 bits per heavy atom. The Labute approximate surface area is 119 Å². The van der Waals surface area contributed by atoms with Gasteiger partial charge in [0.05, 0.1) is 11.2 Å². The largest absolute Gasteiger partial charge is 0.498 e. The Hall–Kier alpha value is -1.20. The van der Waals surface area contributed by atoms with Gasteiger partial charge in [0.15, 0.2) is 0 Å². The summed E-state index contributed by atoms with van der Waals surface area (Å²) in [6.45, 7) is 9.15. The van der Waals surface area contributed by atoms with Gasteiger partial charge < -0.3 is 9.31 Å². The molecule has 1 aromatic rings. The Morgan fingerprint density at radius 3 is 2.25 bits per heavy atom. The first kappa shape index (κ1) is 15.2. The van der Waals surface area contributed by atoms with Crippen molar-refractivity contribution in [2.45, 2.75) is 52.2 Å². The van der Waals surface area contributed by atoms with E-state index >= 15 is 0 Å². The lowest BCUT2D eigenvalue weighted by molar-refractivity contribution is -0.116. The highest BCUT2D eigenvalue weighted by molar-refractivity contribution is 6.62. The van der Waals surface area contributed by atoms with Crippen molar-refractivity contribution < 1.29 is 18.5 Å². The summed E-state index contributed by atoms with van der Waals surface area (Å²) in [5.74, 6) is -0.421. The quantitative estimate of drug-likeness (QED) is 0.795. The second-order valence-corrected chi connectivity index (χ2v) is 6.28. The van der Waals surface area contributed by atoms with Crippen molar-refractivity contribution in [3.63, 3.8) is 0 Å². The first-order valence-electron chi connectivity index (χ1n) is 6.76. The fraction of sp³-hybridized carbons (Fsp3) is 0.533. The van der Waals surface area contributed by atoms with Gasteiger partial charge in [0.25, 0.3) is 0 Å². The summed E-state index contributed by atoms with van der Waals surface area (Å²) in [6.07, 6.45) is 0.178. The van der Waals surface area contributed by atoms with Gasteiger partial charge in [0.2, 0.25) is 0 Å². The van der Waals surface area contributed by atoms with Gasteiger partial charge in [-0.2, -0.15) is 0 Å². The SMILES string of the molecule is CC(=O)Cc1cccc(F)c1B1OC(C)(C)C(C)(C)O1. The van der Waals surface area contributed by atoms with E-state index in [9.17, 15) is 9.18 Å². The maximum Gasteiger partial charge on any atom is 0.498 e. The molecule has 1 aromatic carbocycles. The predicted molar refractivity (Wildman–Crippen MR) is 76.5 cm³/mol. The fourth-order valence-corrected chi connectivity index (χ4v) is 2.23. The molecule has 0 bridgehead atoms. The average molecular weight is 278 g/mol. The zero-order chi connectivity index (χ0) is 15.1. The molecule has 0 radical (unpaired) electrons. The lowest BCUT2D eigenvalue weighted by Gasteiger charge is -2.32. The predicted octanol–water partition coefficient (Wildman–Crippen LogP) is 2.26. The van der Waals surface area contributed by atoms with Crippen molar-refractivity contribution in [1.29, 1.82) is 0 Å². The fourth-order valence-electron chi connectivity index (χ4n) is 2.23. The summed E-state index contributed by atoms with van der Waals surface area (Å²) in [7, 11) is -0.782. The summed E-state index contributed by atoms with van der Waals surface area (Å²) >= 11 is 0. The lowest BCUT2D eigenvalue weighted by Crippen LogP contribution is -2.41. The van der Waals surface area contributed by atoms with Crippen molar-refractivity contribution >= 4 is 18.4 Å². The molecular weight excluding hydrogens is 258 g/mol. The topological polar surface area (TPSA) is 35.5 Å². The van der Waals surface area contributed by atoms with Crippen LogP contribution in [-0.2, 0) is 20.5 Å². The molecule has 1 aliphatic heterocycles. The van der Waals surface area contributed by atoms with E-state index < -0.39 is 24.1 Å². The van der Waals surface area contributed by atoms with Crippen molar-refractivity contribution in [2.75, 3.05) is 0 Å². The van der Waals surface area contributed by atoms with Crippen molar-refractivity contribution in [3.05, 3.63) is 29.6 Å². The van der Waals surface area contributed by atoms with E-state index in [1.165, 1.54) is 13.0 Å². The van der Waals surface area contributed by atoms with Crippen LogP contribution in [0.1, 0.15) is 40.2 Å². The number of hydrogen-bond donors (Lipinski definition) is 0. The first-order valence-corrected chi connectivity index (χ1v) is 6.76. The van der Waals surface area contributed by atoms with Crippen LogP contribution in [0.25, 0.3) is 0 Å². The van der Waals surface area contributed by atoms with Gasteiger partial charge in [0.1, 0.15) is 11.6 Å². The Kier molecular flexibility index (Phi) is 3.78. The summed E-state index contributed by atoms with van der Waals surface area (Å²) in [5.41, 5.74) is -0.113. The van der Waals surface area contributed by atoms with Gasteiger partial charge >= 0.3 is 7.12 Å². The maximum atomic E-state index is 14.2. The molecule has 0 aliphatic carbocycles. The molecule has 0 spiro atoms. The summed E-state index contributed by atoms with van der Waals surface area (Å²) < 4.78 is 25.9. The summed E-state index contributed by atoms with van der Waals surface area (Å²) in [4.78, 5) is 11.3. The lowest BCUT2D eigenvalue weighted by atomic mass is 9.74. The van der Waals surface area contributed by atoms with Crippen LogP contribution >= 0.6 is 0 Å². The zero-order valence-corrected chi connectivity index (χ0v) is 12.6. The molecule has 0 atom stereocenters. The van der Waals surface area contributed by atoms with E-state index in [1.54, 1.807) is 12.1 Å². The standard InChI is InChI=1S/C15H20BFO3/c1-10(18)9-11-7-6-8-12(17)13(11)16-19-14(2,3)15(4,5)20-16/h6-8H,9H2,1-5H3. The number of halogens is 1. The third kappa shape index (κ3) is 2.65. The molecule has 0 aromatic heterocycles. The molecule has 1 saturated heterocycles. The van der Waals surface area contributed by atoms with E-state index in [2.05, 4.69) is 0 Å². The van der Waals surface area contributed by atoms with Gasteiger partial charge in [-0.15, -0.1) is 0 Å². The van der Waals surface area contributed by atoms with Crippen molar-refractivity contribution in [3.8, 4) is 0 Å². The Morgan fingerprint density at radius 2 is 1.75 bits per heavy atom. The first-order chi connectivity index (χ1) is 9.14. The van der Waals surface area contributed by atoms with Gasteiger partial charge in [-0.1, -0.05) is 12.1 Å². The molecule has 0 saturated carbocycles. The molecule has 0 unspecified atom stereocenters. The highest BCUT2D eigenvalue weighted by Crippen LogP contribution is 2.36. The number of carbonyl (C=O) groups is 1. The third-order valence-corrected chi connectivity index (χ3v) is 4.07. The van der Waals surface area contributed by atoms with Crippen LogP contribution in [0.5, 0.6) is 0 Å². The van der Waals surface area contributed by atoms with Crippen molar-refractivity contribution in [1.82, 2.24) is 0 Å². The van der Waals surface area contributed by atoms with Crippen molar-refractivity contribution in [2.24, 2.45) is 0 Å². The van der Waals surface area contributed by atoms with E-state index in [1.807, 2.05) is 27.7 Å². The monoisotopic (exact) mass is 278 g/mol. The molecule has 108 valence electrons. The van der Waals surface area contributed by atoms with E-state index in [-0.39, 0.29) is 12.2 Å². The molecule has 1 fully saturated rings. The molecule has 0 amide bonds. The van der Waals surface area contributed by atoms with Crippen LogP contribution in [0.15, 0.2) is 18.2 Å². The number of carbonyl (C=O) groups excluding carboxylic acids is 1. The Bertz CT molecular complexity index is 524. The Balaban J connectivity index is 2.41. The molecule has 0 N–H and O–H groups in total. The molecule has 2 rings (SSSR count). The second-order valence-electron chi connectivity index (χ2n) is 6.28. The molecule has 1 heterocycles. The molecule has 3 nitrogen and oxygen atoms in total. The maximum absolute atomic E-state index is 14.2. The zero-order valence-electron chi connectivity index (χ0n) is 12.6. The normalized spacial score (nSPS) is 20.2. The van der Waals surface area contributed by atoms with Crippen LogP contribution < -0.4 is 5.46 Å². The van der Waals surface area contributed by atoms with E-state index in [0.717, 1.165) is 0 Å². The molecule has 5 heteroatoms. The highest BCUT2D eigenvalue weighted by Gasteiger charge is 2.52. The number of Topliss-reactive ketones (excluding diaryl/α,β-unsaturated/α-hetero) is 1. The van der Waals surface area contributed by atoms with Gasteiger partial charge in [0, 0.05) is 11.9 Å². The highest BCUT2D eigenvalue weighted by atomic mass is 19.1. The number of hydrogen-bond acceptors (Lipinski definition) is 3. The smallest absolute Gasteiger partial charge is 0.399 e. The molecule has 20 heavy (non-hydrogen) atoms. The van der Waals surface area contributed by atoms with Gasteiger partial charge in [-0.25, -0.2) is 4.39 Å². The van der Waals surface area contributed by atoms with Crippen LogP contribution in [0.4, 0.5) is 4.39 Å². The summed E-state index contributed by atoms with van der Waals surface area (Å²) in [6, 6.07) is 4.71. The van der Waals surface area contributed by atoms with Gasteiger partial charge in [-0.3, -0.25) is 4.79 Å². The van der Waals surface area contributed by atoms with Crippen LogP contribution in [0.3, 0.4) is 0 Å². The molecule has 1 aliphatic rings. The average Bonchev–Trinajstić information content (AvgIpc) is 2.46. The minimum Gasteiger partial charge on any atom is -0.399 e. The number of ketones is 1. The van der Waals surface area contributed by atoms with Crippen LogP contribution in [-0.4, -0.2) is 24.1 Å². The minimum absolute atomic E-state index is 0.0200. The number of benzene rings is 1.